The van der Waals surface area contributed by atoms with Crippen LogP contribution in [0, 0.1) is 0 Å². The van der Waals surface area contributed by atoms with Crippen molar-refractivity contribution in [3.8, 4) is 5.75 Å². The molecule has 0 amide bonds. The lowest BCUT2D eigenvalue weighted by Crippen LogP contribution is -2.29. The molecule has 1 fully saturated rings. The van der Waals surface area contributed by atoms with Gasteiger partial charge in [-0.1, -0.05) is 0 Å². The van der Waals surface area contributed by atoms with Crippen LogP contribution in [0.15, 0.2) is 27.6 Å². The second-order valence-electron chi connectivity index (χ2n) is 4.79. The van der Waals surface area contributed by atoms with Crippen LogP contribution in [-0.4, -0.2) is 27.7 Å². The van der Waals surface area contributed by atoms with Crippen molar-refractivity contribution in [2.45, 2.75) is 42.8 Å². The van der Waals surface area contributed by atoms with Crippen LogP contribution in [-0.2, 0) is 13.8 Å². The molecule has 0 N–H and O–H groups in total. The molecule has 0 aromatic heterocycles. The van der Waals surface area contributed by atoms with Gasteiger partial charge in [0.25, 0.3) is 9.05 Å². The van der Waals surface area contributed by atoms with Gasteiger partial charge in [-0.3, -0.25) is 0 Å². The second kappa shape index (κ2) is 6.64. The first-order valence-electron chi connectivity index (χ1n) is 6.34. The van der Waals surface area contributed by atoms with Gasteiger partial charge in [-0.2, -0.15) is 0 Å². The summed E-state index contributed by atoms with van der Waals surface area (Å²) in [4.78, 5) is 0.0526. The Balaban J connectivity index is 2.10. The molecule has 1 aliphatic rings. The molecular weight excluding hydrogens is 368 g/mol. The molecular formula is C13H16BrClO4S. The summed E-state index contributed by atoms with van der Waals surface area (Å²) >= 11 is 3.32. The monoisotopic (exact) mass is 382 g/mol. The van der Waals surface area contributed by atoms with Crippen LogP contribution < -0.4 is 4.74 Å². The predicted octanol–water partition coefficient (Wildman–Crippen LogP) is 3.71. The van der Waals surface area contributed by atoms with Crippen LogP contribution in [0.2, 0.25) is 0 Å². The van der Waals surface area contributed by atoms with Crippen LogP contribution in [0.1, 0.15) is 25.7 Å². The first-order chi connectivity index (χ1) is 9.40. The summed E-state index contributed by atoms with van der Waals surface area (Å²) in [5.41, 5.74) is 0. The fourth-order valence-corrected chi connectivity index (χ4v) is 3.73. The van der Waals surface area contributed by atoms with E-state index in [4.69, 9.17) is 20.2 Å². The van der Waals surface area contributed by atoms with E-state index in [-0.39, 0.29) is 17.1 Å². The fourth-order valence-electron chi connectivity index (χ4n) is 2.33. The lowest BCUT2D eigenvalue weighted by Gasteiger charge is -2.29. The van der Waals surface area contributed by atoms with Gasteiger partial charge in [0.05, 0.1) is 15.5 Å². The minimum Gasteiger partial charge on any atom is -0.489 e. The normalized spacial score (nSPS) is 23.6. The van der Waals surface area contributed by atoms with Gasteiger partial charge in [0, 0.05) is 24.2 Å². The number of hydrogen-bond donors (Lipinski definition) is 0. The van der Waals surface area contributed by atoms with E-state index in [2.05, 4.69) is 15.9 Å². The maximum Gasteiger partial charge on any atom is 0.261 e. The van der Waals surface area contributed by atoms with Gasteiger partial charge in [-0.25, -0.2) is 8.42 Å². The highest BCUT2D eigenvalue weighted by Crippen LogP contribution is 2.32. The number of rotatable bonds is 4. The summed E-state index contributed by atoms with van der Waals surface area (Å²) < 4.78 is 34.4. The summed E-state index contributed by atoms with van der Waals surface area (Å²) in [6.07, 6.45) is 4.26. The molecule has 0 radical (unpaired) electrons. The van der Waals surface area contributed by atoms with Gasteiger partial charge in [-0.15, -0.1) is 0 Å². The zero-order valence-electron chi connectivity index (χ0n) is 11.0. The Labute approximate surface area is 132 Å². The molecule has 20 heavy (non-hydrogen) atoms. The predicted molar refractivity (Wildman–Crippen MR) is 80.9 cm³/mol. The third kappa shape index (κ3) is 4.10. The summed E-state index contributed by atoms with van der Waals surface area (Å²) in [6.45, 7) is 0. The number of methoxy groups -OCH3 is 1. The summed E-state index contributed by atoms with van der Waals surface area (Å²) in [5, 5.41) is 0. The molecule has 112 valence electrons. The Kier molecular flexibility index (Phi) is 5.34. The SMILES string of the molecule is COC1CCCC(Oc2ccc(S(=O)(=O)Cl)cc2Br)C1. The lowest BCUT2D eigenvalue weighted by molar-refractivity contribution is 0.0207. The third-order valence-corrected chi connectivity index (χ3v) is 5.36. The van der Waals surface area contributed by atoms with Gasteiger partial charge in [0.15, 0.2) is 0 Å². The topological polar surface area (TPSA) is 52.6 Å². The minimum absolute atomic E-state index is 0.0526. The van der Waals surface area contributed by atoms with Crippen LogP contribution in [0.4, 0.5) is 0 Å². The van der Waals surface area contributed by atoms with E-state index in [1.165, 1.54) is 12.1 Å². The van der Waals surface area contributed by atoms with Crippen molar-refractivity contribution in [3.63, 3.8) is 0 Å². The Hall–Kier alpha value is -0.300. The van der Waals surface area contributed by atoms with E-state index in [1.54, 1.807) is 13.2 Å². The molecule has 4 nitrogen and oxygen atoms in total. The molecule has 1 saturated carbocycles. The highest BCUT2D eigenvalue weighted by atomic mass is 79.9. The van der Waals surface area contributed by atoms with Crippen molar-refractivity contribution in [1.29, 1.82) is 0 Å². The number of benzene rings is 1. The van der Waals surface area contributed by atoms with Gasteiger partial charge < -0.3 is 9.47 Å². The van der Waals surface area contributed by atoms with Crippen molar-refractivity contribution >= 4 is 35.7 Å². The summed E-state index contributed by atoms with van der Waals surface area (Å²) in [5.74, 6) is 0.621. The zero-order chi connectivity index (χ0) is 14.8. The first-order valence-corrected chi connectivity index (χ1v) is 9.44. The van der Waals surface area contributed by atoms with Gasteiger partial charge in [0.2, 0.25) is 0 Å². The quantitative estimate of drug-likeness (QED) is 0.744. The van der Waals surface area contributed by atoms with Crippen LogP contribution >= 0.6 is 26.6 Å². The Morgan fingerprint density at radius 3 is 2.60 bits per heavy atom. The highest BCUT2D eigenvalue weighted by molar-refractivity contribution is 9.10. The molecule has 1 aliphatic carbocycles. The van der Waals surface area contributed by atoms with E-state index < -0.39 is 9.05 Å². The van der Waals surface area contributed by atoms with Crippen LogP contribution in [0.25, 0.3) is 0 Å². The zero-order valence-corrected chi connectivity index (χ0v) is 14.2. The minimum atomic E-state index is -3.72. The molecule has 2 rings (SSSR count). The van der Waals surface area contributed by atoms with Crippen molar-refractivity contribution in [2.24, 2.45) is 0 Å². The first kappa shape index (κ1) is 16.1. The molecule has 7 heteroatoms. The molecule has 0 spiro atoms. The number of hydrogen-bond acceptors (Lipinski definition) is 4. The second-order valence-corrected chi connectivity index (χ2v) is 8.21. The van der Waals surface area contributed by atoms with Crippen molar-refractivity contribution in [2.75, 3.05) is 7.11 Å². The maximum atomic E-state index is 11.3. The summed E-state index contributed by atoms with van der Waals surface area (Å²) in [6, 6.07) is 4.52. The Morgan fingerprint density at radius 1 is 1.30 bits per heavy atom. The molecule has 1 aromatic rings. The van der Waals surface area contributed by atoms with E-state index >= 15 is 0 Å². The molecule has 0 aliphatic heterocycles. The van der Waals surface area contributed by atoms with Gasteiger partial charge in [-0.05, 0) is 53.4 Å². The molecule has 0 saturated heterocycles. The van der Waals surface area contributed by atoms with Gasteiger partial charge >= 0.3 is 0 Å². The average Bonchev–Trinajstić information content (AvgIpc) is 2.40. The average molecular weight is 384 g/mol. The van der Waals surface area contributed by atoms with Crippen molar-refractivity contribution in [3.05, 3.63) is 22.7 Å². The maximum absolute atomic E-state index is 11.3. The summed E-state index contributed by atoms with van der Waals surface area (Å²) in [7, 11) is 3.30. The van der Waals surface area contributed by atoms with E-state index in [1.807, 2.05) is 0 Å². The smallest absolute Gasteiger partial charge is 0.261 e. The highest BCUT2D eigenvalue weighted by Gasteiger charge is 2.24. The van der Waals surface area contributed by atoms with Gasteiger partial charge in [0.1, 0.15) is 11.9 Å². The number of halogens is 2. The fraction of sp³-hybridized carbons (Fsp3) is 0.538. The Bertz CT molecular complexity index is 576. The van der Waals surface area contributed by atoms with E-state index in [0.717, 1.165) is 25.7 Å². The third-order valence-electron chi connectivity index (χ3n) is 3.39. The van der Waals surface area contributed by atoms with Crippen molar-refractivity contribution < 1.29 is 17.9 Å². The molecule has 1 aromatic carbocycles. The molecule has 2 atom stereocenters. The van der Waals surface area contributed by atoms with E-state index in [9.17, 15) is 8.42 Å². The number of ether oxygens (including phenoxy) is 2. The van der Waals surface area contributed by atoms with Crippen LogP contribution in [0.3, 0.4) is 0 Å². The molecule has 2 unspecified atom stereocenters. The Morgan fingerprint density at radius 2 is 2.00 bits per heavy atom. The van der Waals surface area contributed by atoms with Crippen LogP contribution in [0.5, 0.6) is 5.75 Å². The standard InChI is InChI=1S/C13H16BrClO4S/c1-18-9-3-2-4-10(7-9)19-13-6-5-11(8-12(13)14)20(15,16)17/h5-6,8-10H,2-4,7H2,1H3. The molecule has 0 bridgehead atoms. The largest absolute Gasteiger partial charge is 0.489 e. The van der Waals surface area contributed by atoms with E-state index in [0.29, 0.717) is 10.2 Å². The lowest BCUT2D eigenvalue weighted by atomic mass is 9.95. The molecule has 0 heterocycles. The van der Waals surface area contributed by atoms with Crippen molar-refractivity contribution in [1.82, 2.24) is 0 Å².